The third kappa shape index (κ3) is 2.90. The van der Waals surface area contributed by atoms with Gasteiger partial charge in [-0.05, 0) is 25.0 Å². The number of benzene rings is 1. The Bertz CT molecular complexity index is 559. The molecule has 0 bridgehead atoms. The molecule has 1 N–H and O–H groups in total. The number of nitrogens with one attached hydrogen (secondary N) is 1. The Balaban J connectivity index is 2.17. The first kappa shape index (κ1) is 13.5. The molecule has 1 amide bonds. The number of amides is 1. The summed E-state index contributed by atoms with van der Waals surface area (Å²) in [6.07, 6.45) is 1.83. The lowest BCUT2D eigenvalue weighted by molar-refractivity contribution is -0.384. The second-order valence-electron chi connectivity index (χ2n) is 4.31. The molecule has 0 radical (unpaired) electrons. The van der Waals surface area contributed by atoms with Crippen molar-refractivity contribution in [1.82, 2.24) is 5.32 Å². The lowest BCUT2D eigenvalue weighted by atomic mass is 10.1. The molecular weight excluding hydrogens is 272 g/mol. The van der Waals surface area contributed by atoms with Crippen molar-refractivity contribution in [2.24, 2.45) is 0 Å². The van der Waals surface area contributed by atoms with Crippen LogP contribution in [-0.4, -0.2) is 22.7 Å². The molecule has 1 atom stereocenters. The highest BCUT2D eigenvalue weighted by Gasteiger charge is 2.26. The van der Waals surface area contributed by atoms with Gasteiger partial charge in [0.1, 0.15) is 5.02 Å². The predicted molar refractivity (Wildman–Crippen MR) is 68.2 cm³/mol. The molecule has 7 heteroatoms. The quantitative estimate of drug-likeness (QED) is 0.679. The van der Waals surface area contributed by atoms with Crippen LogP contribution in [0.4, 0.5) is 5.69 Å². The number of ketones is 1. The van der Waals surface area contributed by atoms with Gasteiger partial charge >= 0.3 is 0 Å². The van der Waals surface area contributed by atoms with Gasteiger partial charge in [0.2, 0.25) is 0 Å². The van der Waals surface area contributed by atoms with Crippen LogP contribution in [0.2, 0.25) is 5.02 Å². The minimum atomic E-state index is -0.653. The lowest BCUT2D eigenvalue weighted by Gasteiger charge is -2.10. The van der Waals surface area contributed by atoms with Crippen LogP contribution in [-0.2, 0) is 4.79 Å². The van der Waals surface area contributed by atoms with Crippen molar-refractivity contribution in [2.45, 2.75) is 25.3 Å². The summed E-state index contributed by atoms with van der Waals surface area (Å²) in [6.45, 7) is 0. The molecule has 19 heavy (non-hydrogen) atoms. The number of rotatable bonds is 3. The number of hydrogen-bond donors (Lipinski definition) is 1. The van der Waals surface area contributed by atoms with Crippen LogP contribution in [0.5, 0.6) is 0 Å². The van der Waals surface area contributed by atoms with Crippen molar-refractivity contribution < 1.29 is 14.5 Å². The molecule has 2 rings (SSSR count). The largest absolute Gasteiger partial charge is 0.342 e. The van der Waals surface area contributed by atoms with E-state index in [1.54, 1.807) is 0 Å². The summed E-state index contributed by atoms with van der Waals surface area (Å²) in [6, 6.07) is 3.31. The fourth-order valence-electron chi connectivity index (χ4n) is 2.00. The van der Waals surface area contributed by atoms with E-state index in [0.29, 0.717) is 12.8 Å². The zero-order valence-corrected chi connectivity index (χ0v) is 10.6. The van der Waals surface area contributed by atoms with Gasteiger partial charge in [0.05, 0.1) is 11.0 Å². The summed E-state index contributed by atoms with van der Waals surface area (Å²) in [5, 5.41) is 13.3. The van der Waals surface area contributed by atoms with Crippen molar-refractivity contribution in [1.29, 1.82) is 0 Å². The Hall–Kier alpha value is -1.95. The Morgan fingerprint density at radius 1 is 1.47 bits per heavy atom. The summed E-state index contributed by atoms with van der Waals surface area (Å²) in [7, 11) is 0. The van der Waals surface area contributed by atoms with E-state index < -0.39 is 16.9 Å². The molecule has 1 fully saturated rings. The van der Waals surface area contributed by atoms with E-state index in [4.69, 9.17) is 11.6 Å². The van der Waals surface area contributed by atoms with Gasteiger partial charge in [-0.3, -0.25) is 19.7 Å². The highest BCUT2D eigenvalue weighted by atomic mass is 35.5. The number of Topliss-reactive ketones (excluding diaryl/α,β-unsaturated/α-hetero) is 1. The topological polar surface area (TPSA) is 89.3 Å². The summed E-state index contributed by atoms with van der Waals surface area (Å²) >= 11 is 5.66. The maximum Gasteiger partial charge on any atom is 0.288 e. The molecule has 1 aromatic rings. The third-order valence-electron chi connectivity index (χ3n) is 3.01. The summed E-state index contributed by atoms with van der Waals surface area (Å²) in [4.78, 5) is 33.4. The number of nitrogens with zero attached hydrogens (tertiary/aromatic N) is 1. The molecule has 1 aromatic carbocycles. The van der Waals surface area contributed by atoms with Crippen LogP contribution >= 0.6 is 11.6 Å². The Labute approximate surface area is 113 Å². The number of halogens is 1. The van der Waals surface area contributed by atoms with Gasteiger partial charge in [-0.25, -0.2) is 0 Å². The second-order valence-corrected chi connectivity index (χ2v) is 4.72. The van der Waals surface area contributed by atoms with E-state index >= 15 is 0 Å². The van der Waals surface area contributed by atoms with Crippen molar-refractivity contribution in [3.8, 4) is 0 Å². The summed E-state index contributed by atoms with van der Waals surface area (Å²) in [5.41, 5.74) is -0.206. The molecule has 0 spiro atoms. The first-order valence-electron chi connectivity index (χ1n) is 5.76. The van der Waals surface area contributed by atoms with E-state index in [9.17, 15) is 19.7 Å². The maximum atomic E-state index is 11.9. The van der Waals surface area contributed by atoms with Gasteiger partial charge in [0.15, 0.2) is 5.78 Å². The molecule has 0 saturated heterocycles. The minimum Gasteiger partial charge on any atom is -0.342 e. The maximum absolute atomic E-state index is 11.9. The molecule has 100 valence electrons. The molecule has 0 aliphatic heterocycles. The van der Waals surface area contributed by atoms with E-state index in [1.165, 1.54) is 12.1 Å². The smallest absolute Gasteiger partial charge is 0.288 e. The molecule has 6 nitrogen and oxygen atoms in total. The Morgan fingerprint density at radius 3 is 2.79 bits per heavy atom. The molecule has 0 heterocycles. The average Bonchev–Trinajstić information content (AvgIpc) is 2.75. The summed E-state index contributed by atoms with van der Waals surface area (Å²) < 4.78 is 0. The normalized spacial score (nSPS) is 18.4. The number of carbonyl (C=O) groups is 2. The average molecular weight is 283 g/mol. The van der Waals surface area contributed by atoms with Crippen LogP contribution in [0.25, 0.3) is 0 Å². The van der Waals surface area contributed by atoms with Crippen LogP contribution in [0.3, 0.4) is 0 Å². The highest BCUT2D eigenvalue weighted by molar-refractivity contribution is 6.32. The monoisotopic (exact) mass is 282 g/mol. The number of carbonyl (C=O) groups excluding carboxylic acids is 2. The van der Waals surface area contributed by atoms with Gasteiger partial charge in [0.25, 0.3) is 11.6 Å². The third-order valence-corrected chi connectivity index (χ3v) is 3.33. The molecule has 1 aliphatic carbocycles. The van der Waals surface area contributed by atoms with E-state index in [0.717, 1.165) is 12.5 Å². The fourth-order valence-corrected chi connectivity index (χ4v) is 2.19. The lowest BCUT2D eigenvalue weighted by Crippen LogP contribution is -2.37. The number of hydrogen-bond acceptors (Lipinski definition) is 4. The minimum absolute atomic E-state index is 0.00295. The van der Waals surface area contributed by atoms with Crippen molar-refractivity contribution in [3.63, 3.8) is 0 Å². The molecule has 1 saturated carbocycles. The summed E-state index contributed by atoms with van der Waals surface area (Å²) in [5.74, 6) is -0.503. The van der Waals surface area contributed by atoms with Crippen LogP contribution in [0.15, 0.2) is 18.2 Å². The standard InChI is InChI=1S/C12H11ClN2O4/c13-8-5-4-7(6-10(8)15(18)19)12(17)14-9-2-1-3-11(9)16/h4-6,9H,1-3H2,(H,14,17). The fraction of sp³-hybridized carbons (Fsp3) is 0.333. The van der Waals surface area contributed by atoms with Gasteiger partial charge in [0, 0.05) is 18.1 Å². The van der Waals surface area contributed by atoms with Crippen molar-refractivity contribution in [2.75, 3.05) is 0 Å². The van der Waals surface area contributed by atoms with Crippen molar-refractivity contribution >= 4 is 29.0 Å². The van der Waals surface area contributed by atoms with Crippen LogP contribution < -0.4 is 5.32 Å². The van der Waals surface area contributed by atoms with E-state index in [1.807, 2.05) is 0 Å². The van der Waals surface area contributed by atoms with Gasteiger partial charge in [-0.2, -0.15) is 0 Å². The van der Waals surface area contributed by atoms with Gasteiger partial charge in [-0.15, -0.1) is 0 Å². The second kappa shape index (κ2) is 5.36. The SMILES string of the molecule is O=C(NC1CCCC1=O)c1ccc(Cl)c([N+](=O)[O-])c1. The molecule has 1 aliphatic rings. The predicted octanol–water partition coefficient (Wildman–Crippen LogP) is 2.10. The van der Waals surface area contributed by atoms with E-state index in [2.05, 4.69) is 5.32 Å². The van der Waals surface area contributed by atoms with Crippen LogP contribution in [0.1, 0.15) is 29.6 Å². The van der Waals surface area contributed by atoms with E-state index in [-0.39, 0.29) is 22.1 Å². The molecular formula is C12H11ClN2O4. The zero-order chi connectivity index (χ0) is 14.0. The van der Waals surface area contributed by atoms with Gasteiger partial charge < -0.3 is 5.32 Å². The molecule has 0 aromatic heterocycles. The highest BCUT2D eigenvalue weighted by Crippen LogP contribution is 2.25. The van der Waals surface area contributed by atoms with Crippen molar-refractivity contribution in [3.05, 3.63) is 38.9 Å². The number of nitro benzene ring substituents is 1. The molecule has 1 unspecified atom stereocenters. The Kier molecular flexibility index (Phi) is 3.80. The number of nitro groups is 1. The van der Waals surface area contributed by atoms with Gasteiger partial charge in [-0.1, -0.05) is 11.6 Å². The zero-order valence-electron chi connectivity index (χ0n) is 9.89. The Morgan fingerprint density at radius 2 is 2.21 bits per heavy atom. The first-order valence-corrected chi connectivity index (χ1v) is 6.14. The van der Waals surface area contributed by atoms with Crippen LogP contribution in [0, 0.1) is 10.1 Å². The first-order chi connectivity index (χ1) is 8.99.